The lowest BCUT2D eigenvalue weighted by Gasteiger charge is -2.09. The van der Waals surface area contributed by atoms with Gasteiger partial charge in [0.1, 0.15) is 5.82 Å². The zero-order valence-corrected chi connectivity index (χ0v) is 17.0. The first-order valence-electron chi connectivity index (χ1n) is 9.51. The third-order valence-electron chi connectivity index (χ3n) is 4.87. The summed E-state index contributed by atoms with van der Waals surface area (Å²) in [5, 5.41) is 4.55. The molecule has 0 aliphatic carbocycles. The zero-order valence-electron chi connectivity index (χ0n) is 16.1. The maximum Gasteiger partial charge on any atom is 0.120 e. The molecule has 0 spiro atoms. The number of H-pyrrole nitrogens is 1. The molecule has 2 aromatic carbocycles. The molecule has 0 bridgehead atoms. The molecule has 4 rings (SSSR count). The van der Waals surface area contributed by atoms with Crippen LogP contribution in [-0.4, -0.2) is 19.7 Å². The van der Waals surface area contributed by atoms with Gasteiger partial charge in [-0.1, -0.05) is 60.7 Å². The summed E-state index contributed by atoms with van der Waals surface area (Å²) in [5.74, 6) is 0.891. The van der Waals surface area contributed by atoms with Crippen molar-refractivity contribution in [3.8, 4) is 22.5 Å². The molecule has 2 aromatic heterocycles. The van der Waals surface area contributed by atoms with Gasteiger partial charge in [-0.2, -0.15) is 17.7 Å². The topological polar surface area (TPSA) is 46.5 Å². The number of nitrogens with zero attached hydrogens (tertiary/aromatic N) is 3. The van der Waals surface area contributed by atoms with Crippen LogP contribution < -0.4 is 0 Å². The fourth-order valence-corrected chi connectivity index (χ4v) is 3.69. The quantitative estimate of drug-likeness (QED) is 0.421. The molecule has 142 valence electrons. The highest BCUT2D eigenvalue weighted by Gasteiger charge is 2.18. The van der Waals surface area contributed by atoms with Gasteiger partial charge in [0.2, 0.25) is 0 Å². The monoisotopic (exact) mass is 388 g/mol. The van der Waals surface area contributed by atoms with Crippen LogP contribution in [0.15, 0.2) is 66.7 Å². The summed E-state index contributed by atoms with van der Waals surface area (Å²) in [6.07, 6.45) is 0.848. The van der Waals surface area contributed by atoms with E-state index in [2.05, 4.69) is 47.3 Å². The van der Waals surface area contributed by atoms with E-state index in [-0.39, 0.29) is 5.25 Å². The van der Waals surface area contributed by atoms with Crippen molar-refractivity contribution in [2.75, 3.05) is 0 Å². The van der Waals surface area contributed by atoms with Gasteiger partial charge < -0.3 is 4.98 Å². The van der Waals surface area contributed by atoms with Crippen molar-refractivity contribution in [3.63, 3.8) is 0 Å². The normalized spacial score (nSPS) is 12.2. The lowest BCUT2D eigenvalue weighted by atomic mass is 10.1. The molecule has 5 heteroatoms. The number of benzene rings is 2. The van der Waals surface area contributed by atoms with E-state index in [1.165, 1.54) is 5.69 Å². The summed E-state index contributed by atoms with van der Waals surface area (Å²) in [6, 6.07) is 22.7. The summed E-state index contributed by atoms with van der Waals surface area (Å²) < 4.78 is 2.04. The molecule has 0 saturated carbocycles. The van der Waals surface area contributed by atoms with Crippen LogP contribution in [-0.2, 0) is 6.54 Å². The van der Waals surface area contributed by atoms with Crippen LogP contribution in [0.5, 0.6) is 0 Å². The van der Waals surface area contributed by atoms with Gasteiger partial charge in [-0.25, -0.2) is 4.98 Å². The SMILES string of the molecule is Cc1cc(C)n(CCC(S)c2nc(-c3ccccc3)c(-c3ccccc3)[nH]2)n1. The van der Waals surface area contributed by atoms with Gasteiger partial charge in [0.15, 0.2) is 0 Å². The number of hydrogen-bond donors (Lipinski definition) is 2. The summed E-state index contributed by atoms with van der Waals surface area (Å²) in [6.45, 7) is 4.92. The number of aromatic nitrogens is 4. The minimum atomic E-state index is 0.00355. The van der Waals surface area contributed by atoms with Gasteiger partial charge >= 0.3 is 0 Å². The molecular weight excluding hydrogens is 364 g/mol. The Morgan fingerprint density at radius 2 is 1.61 bits per heavy atom. The van der Waals surface area contributed by atoms with E-state index in [9.17, 15) is 0 Å². The summed E-state index contributed by atoms with van der Waals surface area (Å²) in [4.78, 5) is 8.47. The zero-order chi connectivity index (χ0) is 19.5. The van der Waals surface area contributed by atoms with Crippen LogP contribution in [0.2, 0.25) is 0 Å². The Labute approximate surface area is 171 Å². The lowest BCUT2D eigenvalue weighted by molar-refractivity contribution is 0.553. The largest absolute Gasteiger partial charge is 0.341 e. The third-order valence-corrected chi connectivity index (χ3v) is 5.37. The second-order valence-corrected chi connectivity index (χ2v) is 7.66. The number of aryl methyl sites for hydroxylation is 3. The summed E-state index contributed by atoms with van der Waals surface area (Å²) >= 11 is 4.84. The Morgan fingerprint density at radius 1 is 0.964 bits per heavy atom. The average molecular weight is 389 g/mol. The number of aromatic amines is 1. The molecule has 28 heavy (non-hydrogen) atoms. The third kappa shape index (κ3) is 3.90. The molecule has 1 N–H and O–H groups in total. The van der Waals surface area contributed by atoms with E-state index in [1.807, 2.05) is 48.0 Å². The molecule has 4 nitrogen and oxygen atoms in total. The van der Waals surface area contributed by atoms with Crippen molar-refractivity contribution in [2.45, 2.75) is 32.1 Å². The minimum Gasteiger partial charge on any atom is -0.341 e. The van der Waals surface area contributed by atoms with Crippen LogP contribution in [0.1, 0.15) is 28.9 Å². The molecule has 1 unspecified atom stereocenters. The van der Waals surface area contributed by atoms with Crippen molar-refractivity contribution in [2.24, 2.45) is 0 Å². The number of hydrogen-bond acceptors (Lipinski definition) is 3. The number of imidazole rings is 1. The van der Waals surface area contributed by atoms with Gasteiger partial charge in [0.05, 0.1) is 22.3 Å². The number of rotatable bonds is 6. The highest BCUT2D eigenvalue weighted by Crippen LogP contribution is 2.33. The van der Waals surface area contributed by atoms with Gasteiger partial charge in [-0.15, -0.1) is 0 Å². The first kappa shape index (κ1) is 18.6. The molecule has 0 radical (unpaired) electrons. The number of thiol groups is 1. The molecule has 0 amide bonds. The van der Waals surface area contributed by atoms with Gasteiger partial charge in [-0.05, 0) is 26.3 Å². The fourth-order valence-electron chi connectivity index (χ4n) is 3.45. The predicted octanol–water partition coefficient (Wildman–Crippen LogP) is 5.62. The molecular formula is C23H24N4S. The first-order valence-corrected chi connectivity index (χ1v) is 10.0. The highest BCUT2D eigenvalue weighted by molar-refractivity contribution is 7.80. The molecule has 1 atom stereocenters. The van der Waals surface area contributed by atoms with E-state index < -0.39 is 0 Å². The van der Waals surface area contributed by atoms with Crippen LogP contribution in [0.3, 0.4) is 0 Å². The van der Waals surface area contributed by atoms with Crippen molar-refractivity contribution >= 4 is 12.6 Å². The minimum absolute atomic E-state index is 0.00355. The average Bonchev–Trinajstić information content (AvgIpc) is 3.31. The fraction of sp³-hybridized carbons (Fsp3) is 0.217. The second-order valence-electron chi connectivity index (χ2n) is 7.03. The van der Waals surface area contributed by atoms with Crippen molar-refractivity contribution in [3.05, 3.63) is 83.9 Å². The summed E-state index contributed by atoms with van der Waals surface area (Å²) in [7, 11) is 0. The van der Waals surface area contributed by atoms with Gasteiger partial charge in [0, 0.05) is 23.4 Å². The van der Waals surface area contributed by atoms with Gasteiger partial charge in [0.25, 0.3) is 0 Å². The van der Waals surface area contributed by atoms with Crippen LogP contribution in [0.25, 0.3) is 22.5 Å². The van der Waals surface area contributed by atoms with Gasteiger partial charge in [-0.3, -0.25) is 4.68 Å². The smallest absolute Gasteiger partial charge is 0.120 e. The van der Waals surface area contributed by atoms with E-state index in [0.717, 1.165) is 47.0 Å². The first-order chi connectivity index (χ1) is 13.6. The Hall–Kier alpha value is -2.79. The van der Waals surface area contributed by atoms with E-state index >= 15 is 0 Å². The second kappa shape index (κ2) is 8.07. The predicted molar refractivity (Wildman–Crippen MR) is 118 cm³/mol. The van der Waals surface area contributed by atoms with E-state index in [0.29, 0.717) is 0 Å². The van der Waals surface area contributed by atoms with E-state index in [1.54, 1.807) is 0 Å². The van der Waals surface area contributed by atoms with Crippen molar-refractivity contribution in [1.29, 1.82) is 0 Å². The highest BCUT2D eigenvalue weighted by atomic mass is 32.1. The Kier molecular flexibility index (Phi) is 5.35. The maximum atomic E-state index is 4.94. The number of nitrogens with one attached hydrogen (secondary N) is 1. The summed E-state index contributed by atoms with van der Waals surface area (Å²) in [5.41, 5.74) is 6.44. The molecule has 0 saturated heterocycles. The Balaban J connectivity index is 1.64. The molecule has 4 aromatic rings. The molecule has 2 heterocycles. The Morgan fingerprint density at radius 3 is 2.21 bits per heavy atom. The molecule has 0 aliphatic heterocycles. The van der Waals surface area contributed by atoms with E-state index in [4.69, 9.17) is 17.6 Å². The lowest BCUT2D eigenvalue weighted by Crippen LogP contribution is -2.06. The van der Waals surface area contributed by atoms with Crippen LogP contribution >= 0.6 is 12.6 Å². The Bertz CT molecular complexity index is 994. The molecule has 0 fully saturated rings. The van der Waals surface area contributed by atoms with Crippen LogP contribution in [0.4, 0.5) is 0 Å². The molecule has 0 aliphatic rings. The standard InChI is InChI=1S/C23H24N4S/c1-16-15-17(2)27(26-16)14-13-20(28)23-24-21(18-9-5-3-6-10-18)22(25-23)19-11-7-4-8-12-19/h3-12,15,20,28H,13-14H2,1-2H3,(H,24,25). The van der Waals surface area contributed by atoms with Crippen LogP contribution in [0, 0.1) is 13.8 Å². The van der Waals surface area contributed by atoms with Crippen molar-refractivity contribution < 1.29 is 0 Å². The maximum absolute atomic E-state index is 4.94. The van der Waals surface area contributed by atoms with Crippen molar-refractivity contribution in [1.82, 2.24) is 19.7 Å².